The van der Waals surface area contributed by atoms with Crippen molar-refractivity contribution in [2.45, 2.75) is 46.5 Å². The minimum Gasteiger partial charge on any atom is -0.409 e. The highest BCUT2D eigenvalue weighted by molar-refractivity contribution is 5.85. The Morgan fingerprint density at radius 3 is 2.56 bits per heavy atom. The maximum Gasteiger partial charge on any atom is 0.144 e. The van der Waals surface area contributed by atoms with Gasteiger partial charge >= 0.3 is 0 Å². The minimum absolute atomic E-state index is 0.235. The second-order valence-electron chi connectivity index (χ2n) is 5.19. The van der Waals surface area contributed by atoms with Crippen LogP contribution in [0.2, 0.25) is 0 Å². The highest BCUT2D eigenvalue weighted by atomic mass is 16.5. The van der Waals surface area contributed by atoms with Crippen molar-refractivity contribution in [3.05, 3.63) is 0 Å². The van der Waals surface area contributed by atoms with Gasteiger partial charge in [0.1, 0.15) is 5.84 Å². The highest BCUT2D eigenvalue weighted by Gasteiger charge is 2.22. The van der Waals surface area contributed by atoms with Gasteiger partial charge in [-0.1, -0.05) is 25.9 Å². The molecule has 0 bridgehead atoms. The van der Waals surface area contributed by atoms with E-state index in [1.54, 1.807) is 0 Å². The summed E-state index contributed by atoms with van der Waals surface area (Å²) in [7, 11) is 0. The molecule has 0 unspecified atom stereocenters. The molecule has 0 aromatic rings. The zero-order valence-electron chi connectivity index (χ0n) is 12.0. The SMILES string of the molecule is CCCOCCCNCCCC(C)(C)C(N)=NO. The van der Waals surface area contributed by atoms with Gasteiger partial charge in [0, 0.05) is 18.6 Å². The number of oxime groups is 1. The van der Waals surface area contributed by atoms with Gasteiger partial charge in [0.2, 0.25) is 0 Å². The van der Waals surface area contributed by atoms with Crippen LogP contribution in [-0.2, 0) is 4.74 Å². The molecule has 108 valence electrons. The molecule has 0 aromatic carbocycles. The zero-order valence-corrected chi connectivity index (χ0v) is 12.0. The molecule has 0 aliphatic heterocycles. The van der Waals surface area contributed by atoms with Crippen molar-refractivity contribution < 1.29 is 9.94 Å². The first-order chi connectivity index (χ1) is 8.54. The van der Waals surface area contributed by atoms with E-state index in [9.17, 15) is 0 Å². The van der Waals surface area contributed by atoms with Gasteiger partial charge in [0.05, 0.1) is 0 Å². The third-order valence-corrected chi connectivity index (χ3v) is 2.95. The van der Waals surface area contributed by atoms with Gasteiger partial charge in [-0.2, -0.15) is 0 Å². The summed E-state index contributed by atoms with van der Waals surface area (Å²) in [5.41, 5.74) is 5.39. The van der Waals surface area contributed by atoms with Crippen molar-refractivity contribution >= 4 is 5.84 Å². The smallest absolute Gasteiger partial charge is 0.144 e. The Hall–Kier alpha value is -0.810. The summed E-state index contributed by atoms with van der Waals surface area (Å²) in [4.78, 5) is 0. The van der Waals surface area contributed by atoms with Crippen LogP contribution in [0.3, 0.4) is 0 Å². The Morgan fingerprint density at radius 1 is 1.28 bits per heavy atom. The van der Waals surface area contributed by atoms with Crippen LogP contribution in [0.4, 0.5) is 0 Å². The molecule has 0 heterocycles. The first kappa shape index (κ1) is 17.2. The fourth-order valence-electron chi connectivity index (χ4n) is 1.59. The number of nitrogens with two attached hydrogens (primary N) is 1. The van der Waals surface area contributed by atoms with Gasteiger partial charge in [-0.05, 0) is 38.8 Å². The van der Waals surface area contributed by atoms with E-state index in [2.05, 4.69) is 17.4 Å². The molecule has 5 heteroatoms. The Kier molecular flexibility index (Phi) is 9.69. The highest BCUT2D eigenvalue weighted by Crippen LogP contribution is 2.21. The number of nitrogens with zero attached hydrogens (tertiary/aromatic N) is 1. The van der Waals surface area contributed by atoms with Crippen LogP contribution in [0.1, 0.15) is 46.5 Å². The lowest BCUT2D eigenvalue weighted by atomic mass is 9.86. The second kappa shape index (κ2) is 10.1. The van der Waals surface area contributed by atoms with Gasteiger partial charge in [-0.25, -0.2) is 0 Å². The Labute approximate surface area is 111 Å². The molecule has 0 amide bonds. The van der Waals surface area contributed by atoms with E-state index in [1.165, 1.54) is 0 Å². The first-order valence-corrected chi connectivity index (χ1v) is 6.81. The molecule has 0 fully saturated rings. The molecular weight excluding hydrogens is 230 g/mol. The van der Waals surface area contributed by atoms with Crippen LogP contribution < -0.4 is 11.1 Å². The summed E-state index contributed by atoms with van der Waals surface area (Å²) in [5, 5.41) is 15.1. The normalized spacial score (nSPS) is 12.9. The Balaban J connectivity index is 3.40. The number of hydrogen-bond donors (Lipinski definition) is 3. The fraction of sp³-hybridized carbons (Fsp3) is 0.923. The maximum atomic E-state index is 8.65. The molecule has 0 saturated carbocycles. The molecule has 4 N–H and O–H groups in total. The topological polar surface area (TPSA) is 79.9 Å². The Morgan fingerprint density at radius 2 is 1.94 bits per heavy atom. The van der Waals surface area contributed by atoms with Crippen molar-refractivity contribution in [3.8, 4) is 0 Å². The molecule has 0 saturated heterocycles. The summed E-state index contributed by atoms with van der Waals surface area (Å²) in [6.45, 7) is 9.71. The lowest BCUT2D eigenvalue weighted by Crippen LogP contribution is -2.32. The Bertz CT molecular complexity index is 230. The monoisotopic (exact) mass is 259 g/mol. The van der Waals surface area contributed by atoms with Gasteiger partial charge in [-0.15, -0.1) is 0 Å². The van der Waals surface area contributed by atoms with Crippen molar-refractivity contribution in [1.29, 1.82) is 0 Å². The van der Waals surface area contributed by atoms with Gasteiger partial charge < -0.3 is 21.0 Å². The fourth-order valence-corrected chi connectivity index (χ4v) is 1.59. The maximum absolute atomic E-state index is 8.65. The molecule has 0 radical (unpaired) electrons. The molecule has 0 spiro atoms. The van der Waals surface area contributed by atoms with Crippen LogP contribution in [-0.4, -0.2) is 37.3 Å². The average Bonchev–Trinajstić information content (AvgIpc) is 2.35. The van der Waals surface area contributed by atoms with E-state index < -0.39 is 0 Å². The number of nitrogens with one attached hydrogen (secondary N) is 1. The van der Waals surface area contributed by atoms with Gasteiger partial charge in [0.15, 0.2) is 0 Å². The summed E-state index contributed by atoms with van der Waals surface area (Å²) >= 11 is 0. The quantitative estimate of drug-likeness (QED) is 0.174. The predicted molar refractivity (Wildman–Crippen MR) is 75.0 cm³/mol. The molecule has 5 nitrogen and oxygen atoms in total. The number of ether oxygens (including phenoxy) is 1. The van der Waals surface area contributed by atoms with Crippen LogP contribution in [0.15, 0.2) is 5.16 Å². The van der Waals surface area contributed by atoms with E-state index in [0.29, 0.717) is 5.84 Å². The van der Waals surface area contributed by atoms with Gasteiger partial charge in [-0.3, -0.25) is 0 Å². The van der Waals surface area contributed by atoms with Crippen molar-refractivity contribution in [2.75, 3.05) is 26.3 Å². The second-order valence-corrected chi connectivity index (χ2v) is 5.19. The standard InChI is InChI=1S/C13H29N3O2/c1-4-10-18-11-6-9-15-8-5-7-13(2,3)12(14)16-17/h15,17H,4-11H2,1-3H3,(H2,14,16). The van der Waals surface area contributed by atoms with Gasteiger partial charge in [0.25, 0.3) is 0 Å². The molecule has 18 heavy (non-hydrogen) atoms. The summed E-state index contributed by atoms with van der Waals surface area (Å²) in [6.07, 6.45) is 4.04. The van der Waals surface area contributed by atoms with Crippen LogP contribution in [0, 0.1) is 5.41 Å². The third kappa shape index (κ3) is 8.31. The first-order valence-electron chi connectivity index (χ1n) is 6.81. The van der Waals surface area contributed by atoms with E-state index >= 15 is 0 Å². The molecule has 0 aliphatic carbocycles. The third-order valence-electron chi connectivity index (χ3n) is 2.95. The van der Waals surface area contributed by atoms with Crippen molar-refractivity contribution in [2.24, 2.45) is 16.3 Å². The van der Waals surface area contributed by atoms with E-state index in [4.69, 9.17) is 15.7 Å². The van der Waals surface area contributed by atoms with Crippen LogP contribution in [0.5, 0.6) is 0 Å². The van der Waals surface area contributed by atoms with Crippen LogP contribution in [0.25, 0.3) is 0 Å². The summed E-state index contributed by atoms with van der Waals surface area (Å²) < 4.78 is 5.39. The predicted octanol–water partition coefficient (Wildman–Crippen LogP) is 1.95. The number of rotatable bonds is 11. The molecule has 0 aromatic heterocycles. The molecular formula is C13H29N3O2. The van der Waals surface area contributed by atoms with Crippen molar-refractivity contribution in [3.63, 3.8) is 0 Å². The summed E-state index contributed by atoms with van der Waals surface area (Å²) in [6, 6.07) is 0. The number of hydrogen-bond acceptors (Lipinski definition) is 4. The van der Waals surface area contributed by atoms with Crippen molar-refractivity contribution in [1.82, 2.24) is 5.32 Å². The average molecular weight is 259 g/mol. The zero-order chi connectivity index (χ0) is 13.9. The van der Waals surface area contributed by atoms with E-state index in [0.717, 1.165) is 52.0 Å². The lowest BCUT2D eigenvalue weighted by Gasteiger charge is -2.22. The van der Waals surface area contributed by atoms with E-state index in [1.807, 2.05) is 13.8 Å². The largest absolute Gasteiger partial charge is 0.409 e. The molecule has 0 aliphatic rings. The van der Waals surface area contributed by atoms with Crippen LogP contribution >= 0.6 is 0 Å². The number of amidine groups is 1. The summed E-state index contributed by atoms with van der Waals surface area (Å²) in [5.74, 6) is 0.301. The van der Waals surface area contributed by atoms with E-state index in [-0.39, 0.29) is 5.41 Å². The molecule has 0 atom stereocenters. The lowest BCUT2D eigenvalue weighted by molar-refractivity contribution is 0.132. The molecule has 0 rings (SSSR count). The minimum atomic E-state index is -0.235.